The number of hydrogen-bond donors (Lipinski definition) is 2. The van der Waals surface area contributed by atoms with Crippen LogP contribution in [0.15, 0.2) is 42.9 Å². The van der Waals surface area contributed by atoms with E-state index in [4.69, 9.17) is 9.72 Å². The van der Waals surface area contributed by atoms with Crippen LogP contribution in [-0.2, 0) is 0 Å². The molecule has 1 aliphatic heterocycles. The Labute approximate surface area is 194 Å². The van der Waals surface area contributed by atoms with Crippen LogP contribution in [0.25, 0.3) is 21.8 Å². The number of ether oxygens (including phenoxy) is 1. The van der Waals surface area contributed by atoms with Gasteiger partial charge in [0.05, 0.1) is 24.5 Å². The maximum atomic E-state index is 5.72. The standard InChI is InChI=1S/C25H31N7O/c1-16(2)32-10-8-17-6-7-18-13-27-24(30-22(18)23(17)32)29-21-12-20(33-5)19(14-26-21)31-11-9-28-25(3,4)15-31/h6-8,10,12-14,16,28H,9,11,15H2,1-5H3,(H,26,27,29,30). The molecule has 8 heteroatoms. The number of methoxy groups -OCH3 is 1. The zero-order chi connectivity index (χ0) is 23.2. The molecule has 3 aromatic heterocycles. The molecule has 4 aromatic rings. The van der Waals surface area contributed by atoms with Crippen LogP contribution in [0.3, 0.4) is 0 Å². The molecule has 172 valence electrons. The zero-order valence-corrected chi connectivity index (χ0v) is 19.9. The molecule has 0 radical (unpaired) electrons. The molecule has 33 heavy (non-hydrogen) atoms. The lowest BCUT2D eigenvalue weighted by molar-refractivity contribution is 0.348. The van der Waals surface area contributed by atoms with Gasteiger partial charge in [-0.3, -0.25) is 0 Å². The highest BCUT2D eigenvalue weighted by molar-refractivity contribution is 6.03. The van der Waals surface area contributed by atoms with Crippen molar-refractivity contribution in [2.75, 3.05) is 37.0 Å². The topological polar surface area (TPSA) is 80.1 Å². The van der Waals surface area contributed by atoms with Crippen LogP contribution < -0.4 is 20.3 Å². The van der Waals surface area contributed by atoms with Gasteiger partial charge in [-0.05, 0) is 33.8 Å². The van der Waals surface area contributed by atoms with Crippen molar-refractivity contribution in [2.24, 2.45) is 0 Å². The summed E-state index contributed by atoms with van der Waals surface area (Å²) in [5.74, 6) is 1.94. The molecular formula is C25H31N7O. The molecule has 1 saturated heterocycles. The first kappa shape index (κ1) is 21.5. The molecule has 2 N–H and O–H groups in total. The smallest absolute Gasteiger partial charge is 0.228 e. The fourth-order valence-corrected chi connectivity index (χ4v) is 4.59. The SMILES string of the molecule is COc1cc(Nc2ncc3ccc4ccn(C(C)C)c4c3n2)ncc1N1CCNC(C)(C)C1. The van der Waals surface area contributed by atoms with Crippen LogP contribution in [0, 0.1) is 0 Å². The number of fused-ring (bicyclic) bond motifs is 3. The number of benzene rings is 1. The van der Waals surface area contributed by atoms with E-state index in [0.717, 1.165) is 47.5 Å². The molecule has 0 bridgehead atoms. The molecule has 1 aromatic carbocycles. The van der Waals surface area contributed by atoms with Gasteiger partial charge in [-0.15, -0.1) is 0 Å². The van der Waals surface area contributed by atoms with Gasteiger partial charge >= 0.3 is 0 Å². The molecule has 5 rings (SSSR count). The molecular weight excluding hydrogens is 414 g/mol. The summed E-state index contributed by atoms with van der Waals surface area (Å²) < 4.78 is 7.97. The quantitative estimate of drug-likeness (QED) is 0.468. The Morgan fingerprint density at radius 3 is 2.70 bits per heavy atom. The van der Waals surface area contributed by atoms with E-state index in [1.54, 1.807) is 7.11 Å². The number of hydrogen-bond acceptors (Lipinski definition) is 7. The summed E-state index contributed by atoms with van der Waals surface area (Å²) in [5.41, 5.74) is 3.08. The minimum absolute atomic E-state index is 0.0398. The molecule has 8 nitrogen and oxygen atoms in total. The third kappa shape index (κ3) is 4.06. The van der Waals surface area contributed by atoms with Gasteiger partial charge in [0, 0.05) is 60.4 Å². The Morgan fingerprint density at radius 1 is 1.12 bits per heavy atom. The zero-order valence-electron chi connectivity index (χ0n) is 19.9. The van der Waals surface area contributed by atoms with E-state index in [1.165, 1.54) is 5.39 Å². The second kappa shape index (κ2) is 8.19. The van der Waals surface area contributed by atoms with Gasteiger partial charge in [0.1, 0.15) is 17.1 Å². The Hall–Kier alpha value is -3.39. The molecule has 0 atom stereocenters. The van der Waals surface area contributed by atoms with Crippen LogP contribution in [0.1, 0.15) is 33.7 Å². The molecule has 1 fully saturated rings. The van der Waals surface area contributed by atoms with Crippen molar-refractivity contribution < 1.29 is 4.74 Å². The van der Waals surface area contributed by atoms with Crippen molar-refractivity contribution in [3.05, 3.63) is 42.9 Å². The highest BCUT2D eigenvalue weighted by atomic mass is 16.5. The van der Waals surface area contributed by atoms with Gasteiger partial charge in [-0.1, -0.05) is 12.1 Å². The van der Waals surface area contributed by atoms with Crippen molar-refractivity contribution >= 4 is 39.3 Å². The molecule has 0 amide bonds. The van der Waals surface area contributed by atoms with Gasteiger partial charge < -0.3 is 24.8 Å². The van der Waals surface area contributed by atoms with Crippen LogP contribution >= 0.6 is 0 Å². The maximum Gasteiger partial charge on any atom is 0.228 e. The van der Waals surface area contributed by atoms with Gasteiger partial charge in [0.15, 0.2) is 0 Å². The van der Waals surface area contributed by atoms with E-state index in [2.05, 4.69) is 82.2 Å². The van der Waals surface area contributed by atoms with Crippen LogP contribution in [0.4, 0.5) is 17.5 Å². The predicted octanol–water partition coefficient (Wildman–Crippen LogP) is 4.50. The largest absolute Gasteiger partial charge is 0.494 e. The van der Waals surface area contributed by atoms with Crippen molar-refractivity contribution in [3.63, 3.8) is 0 Å². The maximum absolute atomic E-state index is 5.72. The Bertz CT molecular complexity index is 1310. The summed E-state index contributed by atoms with van der Waals surface area (Å²) >= 11 is 0. The Balaban J connectivity index is 1.48. The van der Waals surface area contributed by atoms with Gasteiger partial charge in [0.2, 0.25) is 5.95 Å². The van der Waals surface area contributed by atoms with E-state index in [0.29, 0.717) is 17.8 Å². The van der Waals surface area contributed by atoms with Gasteiger partial charge in [-0.25, -0.2) is 15.0 Å². The van der Waals surface area contributed by atoms with Crippen molar-refractivity contribution in [1.29, 1.82) is 0 Å². The molecule has 0 aliphatic carbocycles. The second-order valence-corrected chi connectivity index (χ2v) is 9.55. The lowest BCUT2D eigenvalue weighted by Gasteiger charge is -2.40. The third-order valence-corrected chi connectivity index (χ3v) is 6.20. The van der Waals surface area contributed by atoms with Crippen LogP contribution in [0.5, 0.6) is 5.75 Å². The van der Waals surface area contributed by atoms with Gasteiger partial charge in [-0.2, -0.15) is 0 Å². The Kier molecular flexibility index (Phi) is 5.32. The lowest BCUT2D eigenvalue weighted by Crippen LogP contribution is -2.57. The summed E-state index contributed by atoms with van der Waals surface area (Å²) in [6, 6.07) is 8.57. The number of nitrogens with one attached hydrogen (secondary N) is 2. The number of pyridine rings is 1. The Morgan fingerprint density at radius 2 is 1.94 bits per heavy atom. The molecule has 0 spiro atoms. The minimum atomic E-state index is 0.0398. The predicted molar refractivity (Wildman–Crippen MR) is 134 cm³/mol. The highest BCUT2D eigenvalue weighted by Gasteiger charge is 2.27. The first-order valence-electron chi connectivity index (χ1n) is 11.4. The number of nitrogens with zero attached hydrogens (tertiary/aromatic N) is 5. The highest BCUT2D eigenvalue weighted by Crippen LogP contribution is 2.33. The number of anilines is 3. The fraction of sp³-hybridized carbons (Fsp3) is 0.400. The fourth-order valence-electron chi connectivity index (χ4n) is 4.59. The first-order valence-corrected chi connectivity index (χ1v) is 11.4. The monoisotopic (exact) mass is 445 g/mol. The summed E-state index contributed by atoms with van der Waals surface area (Å²) in [4.78, 5) is 16.3. The third-order valence-electron chi connectivity index (χ3n) is 6.20. The molecule has 4 heterocycles. The summed E-state index contributed by atoms with van der Waals surface area (Å²) in [6.07, 6.45) is 5.84. The number of rotatable bonds is 5. The molecule has 1 aliphatic rings. The van der Waals surface area contributed by atoms with Gasteiger partial charge in [0.25, 0.3) is 0 Å². The number of piperazine rings is 1. The van der Waals surface area contributed by atoms with E-state index >= 15 is 0 Å². The van der Waals surface area contributed by atoms with Crippen molar-refractivity contribution in [3.8, 4) is 5.75 Å². The van der Waals surface area contributed by atoms with Crippen LogP contribution in [-0.4, -0.2) is 51.8 Å². The molecule has 0 unspecified atom stereocenters. The van der Waals surface area contributed by atoms with Crippen LogP contribution in [0.2, 0.25) is 0 Å². The average Bonchev–Trinajstić information content (AvgIpc) is 3.23. The minimum Gasteiger partial charge on any atom is -0.494 e. The van der Waals surface area contributed by atoms with E-state index < -0.39 is 0 Å². The summed E-state index contributed by atoms with van der Waals surface area (Å²) in [5, 5.41) is 8.99. The first-order chi connectivity index (χ1) is 15.8. The second-order valence-electron chi connectivity index (χ2n) is 9.55. The molecule has 0 saturated carbocycles. The summed E-state index contributed by atoms with van der Waals surface area (Å²) in [7, 11) is 1.69. The van der Waals surface area contributed by atoms with E-state index in [9.17, 15) is 0 Å². The average molecular weight is 446 g/mol. The number of aromatic nitrogens is 4. The summed E-state index contributed by atoms with van der Waals surface area (Å²) in [6.45, 7) is 11.5. The van der Waals surface area contributed by atoms with Crippen molar-refractivity contribution in [2.45, 2.75) is 39.3 Å². The van der Waals surface area contributed by atoms with E-state index in [1.807, 2.05) is 18.5 Å². The van der Waals surface area contributed by atoms with E-state index in [-0.39, 0.29) is 5.54 Å². The van der Waals surface area contributed by atoms with Crippen molar-refractivity contribution in [1.82, 2.24) is 24.8 Å². The normalized spacial score (nSPS) is 16.0. The lowest BCUT2D eigenvalue weighted by atomic mass is 10.0.